The molecule has 1 aromatic heterocycles. The van der Waals surface area contributed by atoms with Gasteiger partial charge in [-0.05, 0) is 13.3 Å². The summed E-state index contributed by atoms with van der Waals surface area (Å²) in [5.74, 6) is 1.01. The van der Waals surface area contributed by atoms with E-state index in [0.29, 0.717) is 4.99 Å². The molecule has 1 atom stereocenters. The smallest absolute Gasteiger partial charge is 0.132 e. The molecule has 2 heterocycles. The lowest BCUT2D eigenvalue weighted by Gasteiger charge is -2.39. The average molecular weight is 279 g/mol. The minimum absolute atomic E-state index is 0.226. The van der Waals surface area contributed by atoms with Gasteiger partial charge >= 0.3 is 0 Å². The molecule has 1 aliphatic heterocycles. The maximum absolute atomic E-state index is 5.80. The Morgan fingerprint density at radius 2 is 2.05 bits per heavy atom. The molecule has 6 heteroatoms. The lowest BCUT2D eigenvalue weighted by molar-refractivity contribution is 0.224. The number of anilines is 1. The highest BCUT2D eigenvalue weighted by molar-refractivity contribution is 7.80. The lowest BCUT2D eigenvalue weighted by atomic mass is 10.1. The fourth-order valence-corrected chi connectivity index (χ4v) is 2.83. The molecule has 0 saturated carbocycles. The van der Waals surface area contributed by atoms with Crippen molar-refractivity contribution < 1.29 is 0 Å². The van der Waals surface area contributed by atoms with E-state index in [4.69, 9.17) is 18.0 Å². The number of aromatic nitrogens is 2. The van der Waals surface area contributed by atoms with Crippen LogP contribution in [0.15, 0.2) is 12.4 Å². The second kappa shape index (κ2) is 6.25. The standard InChI is InChI=1S/C13H21N5S/c1-3-11(13(14)19)17-4-6-18(7-5-17)12-8-10(2)15-9-16-12/h8-9,11H,3-7H2,1-2H3,(H2,14,19). The quantitative estimate of drug-likeness (QED) is 0.829. The Bertz CT molecular complexity index is 442. The van der Waals surface area contributed by atoms with E-state index < -0.39 is 0 Å². The molecule has 0 radical (unpaired) electrons. The van der Waals surface area contributed by atoms with Gasteiger partial charge < -0.3 is 10.6 Å². The molecular weight excluding hydrogens is 258 g/mol. The van der Waals surface area contributed by atoms with E-state index >= 15 is 0 Å². The number of hydrogen-bond donors (Lipinski definition) is 1. The fourth-order valence-electron chi connectivity index (χ4n) is 2.52. The summed E-state index contributed by atoms with van der Waals surface area (Å²) in [6.45, 7) is 7.97. The highest BCUT2D eigenvalue weighted by atomic mass is 32.1. The van der Waals surface area contributed by atoms with Crippen LogP contribution in [0.2, 0.25) is 0 Å². The second-order valence-electron chi connectivity index (χ2n) is 4.87. The maximum Gasteiger partial charge on any atom is 0.132 e. The Morgan fingerprint density at radius 3 is 2.58 bits per heavy atom. The van der Waals surface area contributed by atoms with E-state index in [-0.39, 0.29) is 6.04 Å². The van der Waals surface area contributed by atoms with Gasteiger partial charge in [0.15, 0.2) is 0 Å². The summed E-state index contributed by atoms with van der Waals surface area (Å²) in [6.07, 6.45) is 2.60. The van der Waals surface area contributed by atoms with Gasteiger partial charge in [-0.3, -0.25) is 4.90 Å². The Hall–Kier alpha value is -1.27. The van der Waals surface area contributed by atoms with Crippen molar-refractivity contribution in [3.63, 3.8) is 0 Å². The van der Waals surface area contributed by atoms with Gasteiger partial charge in [0.05, 0.1) is 11.0 Å². The van der Waals surface area contributed by atoms with Crippen LogP contribution in [0, 0.1) is 6.92 Å². The zero-order valence-electron chi connectivity index (χ0n) is 11.5. The third-order valence-electron chi connectivity index (χ3n) is 3.58. The third-order valence-corrected chi connectivity index (χ3v) is 3.86. The van der Waals surface area contributed by atoms with Crippen molar-refractivity contribution >= 4 is 23.0 Å². The molecule has 0 aliphatic carbocycles. The number of thiocarbonyl (C=S) groups is 1. The summed E-state index contributed by atoms with van der Waals surface area (Å²) in [6, 6.07) is 2.25. The number of aryl methyl sites for hydroxylation is 1. The van der Waals surface area contributed by atoms with Gasteiger partial charge in [0.25, 0.3) is 0 Å². The fraction of sp³-hybridized carbons (Fsp3) is 0.615. The summed E-state index contributed by atoms with van der Waals surface area (Å²) >= 11 is 5.14. The number of rotatable bonds is 4. The van der Waals surface area contributed by atoms with Gasteiger partial charge in [-0.25, -0.2) is 9.97 Å². The topological polar surface area (TPSA) is 58.3 Å². The van der Waals surface area contributed by atoms with Crippen molar-refractivity contribution in [2.45, 2.75) is 26.3 Å². The Kier molecular flexibility index (Phi) is 4.66. The van der Waals surface area contributed by atoms with E-state index in [0.717, 1.165) is 44.1 Å². The van der Waals surface area contributed by atoms with Crippen LogP contribution in [0.3, 0.4) is 0 Å². The molecule has 0 amide bonds. The van der Waals surface area contributed by atoms with Crippen LogP contribution in [-0.4, -0.2) is 52.1 Å². The number of hydrogen-bond acceptors (Lipinski definition) is 5. The molecule has 19 heavy (non-hydrogen) atoms. The van der Waals surface area contributed by atoms with Gasteiger partial charge in [0.1, 0.15) is 12.1 Å². The lowest BCUT2D eigenvalue weighted by Crippen LogP contribution is -2.53. The monoisotopic (exact) mass is 279 g/mol. The number of nitrogens with two attached hydrogens (primary N) is 1. The van der Waals surface area contributed by atoms with Gasteiger partial charge in [-0.2, -0.15) is 0 Å². The molecule has 0 aromatic carbocycles. The van der Waals surface area contributed by atoms with Crippen molar-refractivity contribution in [2.24, 2.45) is 5.73 Å². The van der Waals surface area contributed by atoms with E-state index in [1.54, 1.807) is 6.33 Å². The van der Waals surface area contributed by atoms with Crippen LogP contribution in [0.5, 0.6) is 0 Å². The summed E-state index contributed by atoms with van der Waals surface area (Å²) in [5.41, 5.74) is 6.80. The van der Waals surface area contributed by atoms with E-state index in [2.05, 4.69) is 26.7 Å². The maximum atomic E-state index is 5.80. The van der Waals surface area contributed by atoms with Crippen molar-refractivity contribution in [1.29, 1.82) is 0 Å². The summed E-state index contributed by atoms with van der Waals surface area (Å²) in [7, 11) is 0. The van der Waals surface area contributed by atoms with Crippen LogP contribution in [-0.2, 0) is 0 Å². The molecule has 1 fully saturated rings. The molecule has 2 N–H and O–H groups in total. The van der Waals surface area contributed by atoms with Gasteiger partial charge in [-0.1, -0.05) is 19.1 Å². The summed E-state index contributed by atoms with van der Waals surface area (Å²) in [5, 5.41) is 0. The molecule has 0 bridgehead atoms. The molecule has 5 nitrogen and oxygen atoms in total. The van der Waals surface area contributed by atoms with Gasteiger partial charge in [0.2, 0.25) is 0 Å². The minimum Gasteiger partial charge on any atom is -0.392 e. The minimum atomic E-state index is 0.226. The number of piperazine rings is 1. The third kappa shape index (κ3) is 3.39. The Morgan fingerprint density at radius 1 is 1.37 bits per heavy atom. The molecule has 1 unspecified atom stereocenters. The van der Waals surface area contributed by atoms with Crippen LogP contribution >= 0.6 is 12.2 Å². The first-order valence-electron chi connectivity index (χ1n) is 6.68. The summed E-state index contributed by atoms with van der Waals surface area (Å²) < 4.78 is 0. The first-order chi connectivity index (χ1) is 9.11. The summed E-state index contributed by atoms with van der Waals surface area (Å²) in [4.78, 5) is 13.7. The number of nitrogens with zero attached hydrogens (tertiary/aromatic N) is 4. The Labute approximate surface area is 119 Å². The highest BCUT2D eigenvalue weighted by Gasteiger charge is 2.24. The van der Waals surface area contributed by atoms with Gasteiger partial charge in [-0.15, -0.1) is 0 Å². The van der Waals surface area contributed by atoms with Crippen molar-refractivity contribution in [2.75, 3.05) is 31.1 Å². The van der Waals surface area contributed by atoms with Crippen molar-refractivity contribution in [3.05, 3.63) is 18.1 Å². The first kappa shape index (κ1) is 14.1. The van der Waals surface area contributed by atoms with Crippen molar-refractivity contribution in [1.82, 2.24) is 14.9 Å². The van der Waals surface area contributed by atoms with E-state index in [1.807, 2.05) is 13.0 Å². The molecule has 104 valence electrons. The second-order valence-corrected chi connectivity index (χ2v) is 5.34. The van der Waals surface area contributed by atoms with Crippen LogP contribution in [0.25, 0.3) is 0 Å². The van der Waals surface area contributed by atoms with Crippen LogP contribution in [0.4, 0.5) is 5.82 Å². The van der Waals surface area contributed by atoms with Crippen molar-refractivity contribution in [3.8, 4) is 0 Å². The van der Waals surface area contributed by atoms with Crippen LogP contribution in [0.1, 0.15) is 19.0 Å². The van der Waals surface area contributed by atoms with Crippen LogP contribution < -0.4 is 10.6 Å². The zero-order valence-corrected chi connectivity index (χ0v) is 12.4. The molecule has 2 rings (SSSR count). The zero-order chi connectivity index (χ0) is 13.8. The molecule has 1 aliphatic rings. The molecular formula is C13H21N5S. The first-order valence-corrected chi connectivity index (χ1v) is 7.09. The Balaban J connectivity index is 1.97. The predicted molar refractivity (Wildman–Crippen MR) is 81.4 cm³/mol. The SMILES string of the molecule is CCC(C(N)=S)N1CCN(c2cc(C)ncn2)CC1. The average Bonchev–Trinajstić information content (AvgIpc) is 2.40. The highest BCUT2D eigenvalue weighted by Crippen LogP contribution is 2.16. The molecule has 1 saturated heterocycles. The predicted octanol–water partition coefficient (Wildman–Crippen LogP) is 0.972. The molecule has 0 spiro atoms. The van der Waals surface area contributed by atoms with E-state index in [1.165, 1.54) is 0 Å². The van der Waals surface area contributed by atoms with Gasteiger partial charge in [0, 0.05) is 37.9 Å². The van der Waals surface area contributed by atoms with E-state index in [9.17, 15) is 0 Å². The normalized spacial score (nSPS) is 18.3. The largest absolute Gasteiger partial charge is 0.392 e. The molecule has 1 aromatic rings.